The Bertz CT molecular complexity index is 1430. The summed E-state index contributed by atoms with van der Waals surface area (Å²) in [5.41, 5.74) is 6.08. The molecule has 31 heavy (non-hydrogen) atoms. The van der Waals surface area contributed by atoms with Gasteiger partial charge in [-0.2, -0.15) is 0 Å². The molecule has 0 atom stereocenters. The van der Waals surface area contributed by atoms with E-state index in [4.69, 9.17) is 0 Å². The van der Waals surface area contributed by atoms with E-state index in [-0.39, 0.29) is 5.91 Å². The molecule has 1 aromatic carbocycles. The number of rotatable bonds is 5. The van der Waals surface area contributed by atoms with Crippen LogP contribution in [-0.4, -0.2) is 32.0 Å². The van der Waals surface area contributed by atoms with Crippen LogP contribution < -0.4 is 10.6 Å². The average Bonchev–Trinajstić information content (AvgIpc) is 3.43. The molecule has 4 aromatic heterocycles. The van der Waals surface area contributed by atoms with Crippen molar-refractivity contribution < 1.29 is 4.79 Å². The summed E-state index contributed by atoms with van der Waals surface area (Å²) in [5.74, 6) is 0.226. The lowest BCUT2D eigenvalue weighted by atomic mass is 10.2. The number of fused-ring (bicyclic) bond motifs is 2. The second-order valence-electron chi connectivity index (χ2n) is 7.45. The Balaban J connectivity index is 1.51. The summed E-state index contributed by atoms with van der Waals surface area (Å²) in [6, 6.07) is 12.5. The van der Waals surface area contributed by atoms with Crippen LogP contribution in [0.3, 0.4) is 0 Å². The number of H-pyrrole nitrogens is 1. The van der Waals surface area contributed by atoms with Crippen molar-refractivity contribution in [2.45, 2.75) is 13.8 Å². The third-order valence-electron chi connectivity index (χ3n) is 5.23. The summed E-state index contributed by atoms with van der Waals surface area (Å²) in [5, 5.41) is 7.51. The van der Waals surface area contributed by atoms with Gasteiger partial charge >= 0.3 is 0 Å². The molecule has 0 spiro atoms. The van der Waals surface area contributed by atoms with Crippen LogP contribution >= 0.6 is 11.3 Å². The van der Waals surface area contributed by atoms with Gasteiger partial charge in [-0.05, 0) is 50.2 Å². The van der Waals surface area contributed by atoms with E-state index in [1.807, 2.05) is 36.9 Å². The number of thiophene rings is 1. The van der Waals surface area contributed by atoms with Gasteiger partial charge in [0.05, 0.1) is 32.7 Å². The number of aryl methyl sites for hydroxylation is 1. The van der Waals surface area contributed by atoms with Crippen LogP contribution in [0, 0.1) is 6.92 Å². The molecule has 1 amide bonds. The first-order valence-electron chi connectivity index (χ1n) is 10.1. The Morgan fingerprint density at radius 3 is 2.90 bits per heavy atom. The predicted molar refractivity (Wildman–Crippen MR) is 126 cm³/mol. The lowest BCUT2D eigenvalue weighted by Gasteiger charge is -2.07. The van der Waals surface area contributed by atoms with E-state index >= 15 is 0 Å². The van der Waals surface area contributed by atoms with Crippen LogP contribution in [0.2, 0.25) is 0 Å². The highest BCUT2D eigenvalue weighted by Gasteiger charge is 2.17. The van der Waals surface area contributed by atoms with Gasteiger partial charge in [-0.3, -0.25) is 9.78 Å². The molecule has 0 fully saturated rings. The molecular weight excluding hydrogens is 408 g/mol. The number of nitrogens with one attached hydrogen (secondary N) is 3. The molecule has 0 unspecified atom stereocenters. The highest BCUT2D eigenvalue weighted by molar-refractivity contribution is 7.22. The molecule has 0 saturated carbocycles. The highest BCUT2D eigenvalue weighted by atomic mass is 32.1. The largest absolute Gasteiger partial charge is 0.359 e. The average molecular weight is 431 g/mol. The molecule has 7 nitrogen and oxygen atoms in total. The number of hydrogen-bond acceptors (Lipinski definition) is 5. The number of hydrogen-bond donors (Lipinski definition) is 3. The summed E-state index contributed by atoms with van der Waals surface area (Å²) in [6.07, 6.45) is 3.55. The van der Waals surface area contributed by atoms with E-state index in [0.717, 1.165) is 43.4 Å². The molecule has 5 rings (SSSR count). The van der Waals surface area contributed by atoms with Crippen LogP contribution in [0.1, 0.15) is 23.2 Å². The van der Waals surface area contributed by atoms with Gasteiger partial charge in [0.25, 0.3) is 5.91 Å². The number of carbonyl (C=O) groups is 1. The maximum atomic E-state index is 12.2. The van der Waals surface area contributed by atoms with Gasteiger partial charge < -0.3 is 20.2 Å². The van der Waals surface area contributed by atoms with Crippen molar-refractivity contribution in [2.24, 2.45) is 7.05 Å². The van der Waals surface area contributed by atoms with Crippen LogP contribution in [0.5, 0.6) is 0 Å². The molecule has 0 radical (unpaired) electrons. The van der Waals surface area contributed by atoms with Crippen LogP contribution in [0.15, 0.2) is 48.8 Å². The Morgan fingerprint density at radius 1 is 1.19 bits per heavy atom. The van der Waals surface area contributed by atoms with Crippen molar-refractivity contribution in [3.05, 3.63) is 60.3 Å². The zero-order chi connectivity index (χ0) is 21.5. The number of benzene rings is 1. The Kier molecular flexibility index (Phi) is 4.71. The van der Waals surface area contributed by atoms with Crippen molar-refractivity contribution in [1.82, 2.24) is 24.8 Å². The molecule has 8 heteroatoms. The summed E-state index contributed by atoms with van der Waals surface area (Å²) in [4.78, 5) is 25.4. The first-order valence-corrected chi connectivity index (χ1v) is 10.9. The minimum absolute atomic E-state index is 0.173. The topological polar surface area (TPSA) is 87.6 Å². The third-order valence-corrected chi connectivity index (χ3v) is 6.41. The second kappa shape index (κ2) is 7.55. The minimum atomic E-state index is -0.173. The van der Waals surface area contributed by atoms with Crippen molar-refractivity contribution in [2.75, 3.05) is 11.9 Å². The molecule has 0 bridgehead atoms. The minimum Gasteiger partial charge on any atom is -0.359 e. The van der Waals surface area contributed by atoms with Gasteiger partial charge in [-0.1, -0.05) is 0 Å². The smallest absolute Gasteiger partial charge is 0.287 e. The summed E-state index contributed by atoms with van der Waals surface area (Å²) in [6.45, 7) is 4.52. The van der Waals surface area contributed by atoms with E-state index in [0.29, 0.717) is 12.4 Å². The fraction of sp³-hybridized carbons (Fsp3) is 0.174. The maximum Gasteiger partial charge on any atom is 0.287 e. The molecule has 3 N–H and O–H groups in total. The number of nitrogens with zero attached hydrogens (tertiary/aromatic N) is 3. The Morgan fingerprint density at radius 2 is 2.06 bits per heavy atom. The van der Waals surface area contributed by atoms with E-state index in [2.05, 4.69) is 56.8 Å². The molecule has 5 aromatic rings. The van der Waals surface area contributed by atoms with Crippen molar-refractivity contribution in [1.29, 1.82) is 0 Å². The van der Waals surface area contributed by atoms with E-state index < -0.39 is 0 Å². The molecule has 0 aliphatic heterocycles. The number of carbonyl (C=O) groups excluding carboxylic acids is 1. The molecule has 0 saturated heterocycles. The van der Waals surface area contributed by atoms with Crippen molar-refractivity contribution >= 4 is 49.7 Å². The van der Waals surface area contributed by atoms with E-state index in [1.54, 1.807) is 17.5 Å². The first kappa shape index (κ1) is 19.3. The van der Waals surface area contributed by atoms with Gasteiger partial charge in [0.1, 0.15) is 0 Å². The van der Waals surface area contributed by atoms with Gasteiger partial charge in [-0.15, -0.1) is 11.3 Å². The van der Waals surface area contributed by atoms with E-state index in [1.165, 1.54) is 5.39 Å². The van der Waals surface area contributed by atoms with Crippen molar-refractivity contribution in [3.63, 3.8) is 0 Å². The van der Waals surface area contributed by atoms with Crippen LogP contribution in [-0.2, 0) is 7.05 Å². The summed E-state index contributed by atoms with van der Waals surface area (Å²) in [7, 11) is 1.86. The van der Waals surface area contributed by atoms with Crippen molar-refractivity contribution in [3.8, 4) is 10.6 Å². The molecule has 156 valence electrons. The van der Waals surface area contributed by atoms with Crippen LogP contribution in [0.4, 0.5) is 11.4 Å². The fourth-order valence-corrected chi connectivity index (χ4v) is 4.89. The molecule has 0 aliphatic rings. The maximum absolute atomic E-state index is 12.2. The Labute approximate surface area is 183 Å². The lowest BCUT2D eigenvalue weighted by molar-refractivity contribution is 0.0942. The van der Waals surface area contributed by atoms with Gasteiger partial charge in [0, 0.05) is 42.1 Å². The number of imidazole rings is 1. The normalized spacial score (nSPS) is 11.3. The summed E-state index contributed by atoms with van der Waals surface area (Å²) < 4.78 is 2.88. The van der Waals surface area contributed by atoms with Gasteiger partial charge in [0.15, 0.2) is 5.82 Å². The van der Waals surface area contributed by atoms with E-state index in [9.17, 15) is 4.79 Å². The number of aromatic amines is 1. The zero-order valence-electron chi connectivity index (χ0n) is 17.5. The SMILES string of the molecule is CCNC(=O)c1ncc(-c2cc3nccc(Nc4ccc5[nH]c(C)cc5c4)c3s2)n1C. The number of pyridine rings is 1. The molecule has 4 heterocycles. The second-order valence-corrected chi connectivity index (χ2v) is 8.50. The zero-order valence-corrected chi connectivity index (χ0v) is 18.3. The third kappa shape index (κ3) is 3.44. The molecule has 0 aliphatic carbocycles. The predicted octanol–water partition coefficient (Wildman–Crippen LogP) is 4.98. The monoisotopic (exact) mass is 430 g/mol. The lowest BCUT2D eigenvalue weighted by Crippen LogP contribution is -2.25. The highest BCUT2D eigenvalue weighted by Crippen LogP contribution is 2.37. The molecular formula is C23H22N6OS. The Hall–Kier alpha value is -3.65. The van der Waals surface area contributed by atoms with Crippen LogP contribution in [0.25, 0.3) is 31.7 Å². The number of amides is 1. The number of anilines is 2. The fourth-order valence-electron chi connectivity index (χ4n) is 3.76. The first-order chi connectivity index (χ1) is 15.0. The standard InChI is InChI=1S/C23H22N6OS/c1-4-24-23(30)22-26-12-19(29(22)3)20-11-18-21(31-20)17(7-8-25-18)28-15-5-6-16-14(10-15)9-13(2)27-16/h5-12,27H,4H2,1-3H3,(H,24,30)(H,25,28). The summed E-state index contributed by atoms with van der Waals surface area (Å²) >= 11 is 1.63. The number of aromatic nitrogens is 4. The van der Waals surface area contributed by atoms with Gasteiger partial charge in [0.2, 0.25) is 0 Å². The van der Waals surface area contributed by atoms with Gasteiger partial charge in [-0.25, -0.2) is 4.98 Å². The quantitative estimate of drug-likeness (QED) is 0.367.